The summed E-state index contributed by atoms with van der Waals surface area (Å²) in [6.07, 6.45) is -8.66. The molecule has 7 N–H and O–H groups in total. The van der Waals surface area contributed by atoms with Crippen LogP contribution in [0.5, 0.6) is 0 Å². The minimum absolute atomic E-state index is 0.503. The van der Waals surface area contributed by atoms with Crippen molar-refractivity contribution in [3.05, 3.63) is 0 Å². The summed E-state index contributed by atoms with van der Waals surface area (Å²) in [6, 6.07) is 0. The molecule has 0 aromatic rings. The van der Waals surface area contributed by atoms with Crippen molar-refractivity contribution in [3.63, 3.8) is 0 Å². The van der Waals surface area contributed by atoms with E-state index in [4.69, 9.17) is 19.7 Å². The molecular weight excluding hydrogens is 276 g/mol. The Hall–Kier alpha value is -0.360. The molecule has 0 bridgehead atoms. The van der Waals surface area contributed by atoms with E-state index in [1.807, 2.05) is 0 Å². The third-order valence-electron chi connectivity index (χ3n) is 3.28. The van der Waals surface area contributed by atoms with Gasteiger partial charge in [-0.05, 0) is 6.92 Å². The third-order valence-corrected chi connectivity index (χ3v) is 3.28. The van der Waals surface area contributed by atoms with Crippen molar-refractivity contribution in [1.29, 1.82) is 0 Å². The first-order valence-electron chi connectivity index (χ1n) is 6.18. The van der Waals surface area contributed by atoms with Gasteiger partial charge in [-0.3, -0.25) is 0 Å². The van der Waals surface area contributed by atoms with Crippen LogP contribution in [0.15, 0.2) is 0 Å². The van der Waals surface area contributed by atoms with E-state index >= 15 is 0 Å². The number of rotatable bonds is 6. The van der Waals surface area contributed by atoms with Gasteiger partial charge in [-0.25, -0.2) is 0 Å². The van der Waals surface area contributed by atoms with Crippen LogP contribution in [0.4, 0.5) is 0 Å². The number of hydrogen-bond donors (Lipinski definition) is 7. The van der Waals surface area contributed by atoms with Crippen molar-refractivity contribution in [2.75, 3.05) is 19.8 Å². The molecule has 1 aliphatic rings. The van der Waals surface area contributed by atoms with E-state index in [0.717, 1.165) is 0 Å². The van der Waals surface area contributed by atoms with Crippen LogP contribution in [0.25, 0.3) is 0 Å². The Bertz CT molecular complexity index is 296. The zero-order valence-electron chi connectivity index (χ0n) is 11.0. The summed E-state index contributed by atoms with van der Waals surface area (Å²) in [5.41, 5.74) is -1.80. The summed E-state index contributed by atoms with van der Waals surface area (Å²) in [7, 11) is 0. The topological polar surface area (TPSA) is 160 Å². The van der Waals surface area contributed by atoms with Crippen LogP contribution in [-0.2, 0) is 9.47 Å². The van der Waals surface area contributed by atoms with Crippen LogP contribution >= 0.6 is 0 Å². The minimum atomic E-state index is -1.80. The zero-order chi connectivity index (χ0) is 15.5. The van der Waals surface area contributed by atoms with E-state index < -0.39 is 62.2 Å². The van der Waals surface area contributed by atoms with E-state index in [2.05, 4.69) is 0 Å². The molecule has 0 aliphatic carbocycles. The second-order valence-corrected chi connectivity index (χ2v) is 5.06. The lowest BCUT2D eigenvalue weighted by Crippen LogP contribution is -2.60. The lowest BCUT2D eigenvalue weighted by molar-refractivity contribution is -0.311. The monoisotopic (exact) mass is 298 g/mol. The van der Waals surface area contributed by atoms with Crippen LogP contribution in [0.3, 0.4) is 0 Å². The molecule has 0 unspecified atom stereocenters. The number of ether oxygens (including phenoxy) is 2. The normalized spacial score (nSPS) is 39.3. The molecule has 0 amide bonds. The highest BCUT2D eigenvalue weighted by molar-refractivity contribution is 4.89. The molecule has 0 aromatic carbocycles. The molecule has 9 nitrogen and oxygen atoms in total. The van der Waals surface area contributed by atoms with Crippen LogP contribution in [0, 0.1) is 0 Å². The molecule has 1 rings (SSSR count). The van der Waals surface area contributed by atoms with E-state index in [9.17, 15) is 25.5 Å². The maximum absolute atomic E-state index is 9.81. The quantitative estimate of drug-likeness (QED) is 0.258. The molecule has 0 spiro atoms. The molecule has 20 heavy (non-hydrogen) atoms. The van der Waals surface area contributed by atoms with E-state index in [0.29, 0.717) is 0 Å². The first kappa shape index (κ1) is 17.7. The molecule has 0 radical (unpaired) electrons. The summed E-state index contributed by atoms with van der Waals surface area (Å²) < 4.78 is 10.1. The third kappa shape index (κ3) is 3.85. The Morgan fingerprint density at radius 2 is 1.75 bits per heavy atom. The van der Waals surface area contributed by atoms with Crippen molar-refractivity contribution in [2.45, 2.75) is 49.3 Å². The van der Waals surface area contributed by atoms with E-state index in [1.54, 1.807) is 0 Å². The number of aliphatic hydroxyl groups is 7. The van der Waals surface area contributed by atoms with Gasteiger partial charge in [0.05, 0.1) is 19.8 Å². The number of aliphatic hydroxyl groups excluding tert-OH is 6. The molecule has 0 saturated carbocycles. The molecule has 0 aromatic heterocycles. The average molecular weight is 298 g/mol. The van der Waals surface area contributed by atoms with Crippen molar-refractivity contribution in [2.24, 2.45) is 0 Å². The van der Waals surface area contributed by atoms with Gasteiger partial charge in [0.15, 0.2) is 6.29 Å². The van der Waals surface area contributed by atoms with Gasteiger partial charge in [0.2, 0.25) is 0 Å². The fourth-order valence-electron chi connectivity index (χ4n) is 1.75. The highest BCUT2D eigenvalue weighted by Crippen LogP contribution is 2.23. The summed E-state index contributed by atoms with van der Waals surface area (Å²) >= 11 is 0. The highest BCUT2D eigenvalue weighted by atomic mass is 16.7. The first-order valence-corrected chi connectivity index (χ1v) is 6.18. The average Bonchev–Trinajstić information content (AvgIpc) is 2.43. The Labute approximate surface area is 115 Å². The van der Waals surface area contributed by atoms with Crippen molar-refractivity contribution in [3.8, 4) is 0 Å². The molecule has 120 valence electrons. The van der Waals surface area contributed by atoms with Gasteiger partial charge in [0, 0.05) is 0 Å². The minimum Gasteiger partial charge on any atom is -0.394 e. The summed E-state index contributed by atoms with van der Waals surface area (Å²) in [5, 5.41) is 65.7. The van der Waals surface area contributed by atoms with Gasteiger partial charge in [-0.1, -0.05) is 0 Å². The standard InChI is InChI=1S/C11H22O9/c1-11(18,6(14)3-13)4-19-10-9(17)8(16)7(15)5(2-12)20-10/h5-10,12-18H,2-4H2,1H3/t5-,6-,7-,8+,9-,10-,11+/m1/s1. The molecule has 7 atom stereocenters. The Kier molecular flexibility index (Phi) is 6.25. The predicted molar refractivity (Wildman–Crippen MR) is 63.4 cm³/mol. The molecule has 1 heterocycles. The molecule has 1 saturated heterocycles. The maximum atomic E-state index is 9.81. The number of hydrogen-bond acceptors (Lipinski definition) is 9. The van der Waals surface area contributed by atoms with Crippen LogP contribution in [0.2, 0.25) is 0 Å². The maximum Gasteiger partial charge on any atom is 0.186 e. The summed E-state index contributed by atoms with van der Waals surface area (Å²) in [5.74, 6) is 0. The van der Waals surface area contributed by atoms with Crippen LogP contribution < -0.4 is 0 Å². The van der Waals surface area contributed by atoms with Gasteiger partial charge in [-0.2, -0.15) is 0 Å². The van der Waals surface area contributed by atoms with E-state index in [1.165, 1.54) is 6.92 Å². The van der Waals surface area contributed by atoms with Crippen LogP contribution in [0.1, 0.15) is 6.92 Å². The highest BCUT2D eigenvalue weighted by Gasteiger charge is 2.45. The molecule has 1 aliphatic heterocycles. The SMILES string of the molecule is C[C@](O)(CO[C@@H]1O[C@H](CO)[C@@H](O)[C@H](O)[C@H]1O)[C@H](O)CO. The van der Waals surface area contributed by atoms with Gasteiger partial charge < -0.3 is 45.2 Å². The fourth-order valence-corrected chi connectivity index (χ4v) is 1.75. The second-order valence-electron chi connectivity index (χ2n) is 5.06. The molecular formula is C11H22O9. The summed E-state index contributed by atoms with van der Waals surface area (Å²) in [4.78, 5) is 0. The Morgan fingerprint density at radius 3 is 2.25 bits per heavy atom. The van der Waals surface area contributed by atoms with Gasteiger partial charge in [-0.15, -0.1) is 0 Å². The van der Waals surface area contributed by atoms with Crippen LogP contribution in [-0.4, -0.2) is 98.0 Å². The fraction of sp³-hybridized carbons (Fsp3) is 1.00. The first-order chi connectivity index (χ1) is 9.24. The van der Waals surface area contributed by atoms with E-state index in [-0.39, 0.29) is 0 Å². The van der Waals surface area contributed by atoms with Gasteiger partial charge in [0.1, 0.15) is 36.1 Å². The smallest absolute Gasteiger partial charge is 0.186 e. The van der Waals surface area contributed by atoms with Gasteiger partial charge in [0.25, 0.3) is 0 Å². The Morgan fingerprint density at radius 1 is 1.15 bits per heavy atom. The van der Waals surface area contributed by atoms with Crippen molar-refractivity contribution >= 4 is 0 Å². The van der Waals surface area contributed by atoms with Crippen molar-refractivity contribution < 1.29 is 45.2 Å². The summed E-state index contributed by atoms with van der Waals surface area (Å²) in [6.45, 7) is -0.583. The zero-order valence-corrected chi connectivity index (χ0v) is 11.0. The van der Waals surface area contributed by atoms with Gasteiger partial charge >= 0.3 is 0 Å². The largest absolute Gasteiger partial charge is 0.394 e. The lowest BCUT2D eigenvalue weighted by atomic mass is 9.98. The molecule has 9 heteroatoms. The second kappa shape index (κ2) is 7.07. The lowest BCUT2D eigenvalue weighted by Gasteiger charge is -2.40. The van der Waals surface area contributed by atoms with Crippen molar-refractivity contribution in [1.82, 2.24) is 0 Å². The molecule has 1 fully saturated rings. The Balaban J connectivity index is 2.62. The predicted octanol–water partition coefficient (Wildman–Crippen LogP) is -4.09.